The van der Waals surface area contributed by atoms with Crippen LogP contribution in [0.1, 0.15) is 22.7 Å². The smallest absolute Gasteiger partial charge is 0.417 e. The first kappa shape index (κ1) is 19.6. The van der Waals surface area contributed by atoms with Gasteiger partial charge in [0, 0.05) is 5.69 Å². The summed E-state index contributed by atoms with van der Waals surface area (Å²) in [6, 6.07) is 3.61. The van der Waals surface area contributed by atoms with Crippen LogP contribution in [0.25, 0.3) is 0 Å². The molecule has 0 atom stereocenters. The first-order valence-electron chi connectivity index (χ1n) is 7.00. The lowest BCUT2D eigenvalue weighted by molar-refractivity contribution is -0.137. The summed E-state index contributed by atoms with van der Waals surface area (Å²) in [5.74, 6) is -0.212. The van der Waals surface area contributed by atoms with Gasteiger partial charge in [0.1, 0.15) is 18.5 Å². The second-order valence-corrected chi connectivity index (χ2v) is 5.20. The van der Waals surface area contributed by atoms with E-state index in [-0.39, 0.29) is 11.6 Å². The SMILES string of the molecule is N#Cc1ccc(N(Cc2nc(CO)co2)CC(F)(F)F)cc1C(F)(F)F. The summed E-state index contributed by atoms with van der Waals surface area (Å²) < 4.78 is 82.6. The van der Waals surface area contributed by atoms with Gasteiger partial charge < -0.3 is 14.4 Å². The molecule has 0 saturated carbocycles. The molecule has 0 unspecified atom stereocenters. The lowest BCUT2D eigenvalue weighted by atomic mass is 10.1. The molecule has 2 aromatic rings. The second kappa shape index (κ2) is 7.25. The van der Waals surface area contributed by atoms with Gasteiger partial charge in [-0.2, -0.15) is 31.6 Å². The summed E-state index contributed by atoms with van der Waals surface area (Å²) >= 11 is 0. The maximum absolute atomic E-state index is 13.0. The maximum Gasteiger partial charge on any atom is 0.417 e. The number of alkyl halides is 6. The van der Waals surface area contributed by atoms with Gasteiger partial charge in [0.05, 0.1) is 30.3 Å². The zero-order valence-corrected chi connectivity index (χ0v) is 12.9. The Bertz CT molecular complexity index is 807. The molecule has 0 amide bonds. The van der Waals surface area contributed by atoms with Crippen LogP contribution in [-0.2, 0) is 19.3 Å². The van der Waals surface area contributed by atoms with Crippen molar-refractivity contribution in [3.63, 3.8) is 0 Å². The minimum atomic E-state index is -4.90. The average Bonchev–Trinajstić information content (AvgIpc) is 2.99. The molecule has 140 valence electrons. The molecular weight excluding hydrogens is 368 g/mol. The molecule has 0 spiro atoms. The predicted molar refractivity (Wildman–Crippen MR) is 75.7 cm³/mol. The highest BCUT2D eigenvalue weighted by molar-refractivity contribution is 5.55. The van der Waals surface area contributed by atoms with Gasteiger partial charge in [-0.1, -0.05) is 0 Å². The lowest BCUT2D eigenvalue weighted by Gasteiger charge is -2.25. The quantitative estimate of drug-likeness (QED) is 0.804. The molecular formula is C15H11F6N3O2. The molecule has 1 heterocycles. The number of nitriles is 1. The van der Waals surface area contributed by atoms with Crippen molar-refractivity contribution in [1.29, 1.82) is 5.26 Å². The molecule has 0 saturated heterocycles. The van der Waals surface area contributed by atoms with E-state index >= 15 is 0 Å². The van der Waals surface area contributed by atoms with Crippen LogP contribution >= 0.6 is 0 Å². The van der Waals surface area contributed by atoms with Crippen molar-refractivity contribution < 1.29 is 35.9 Å². The Hall–Kier alpha value is -2.74. The third-order valence-electron chi connectivity index (χ3n) is 3.25. The third-order valence-corrected chi connectivity index (χ3v) is 3.25. The van der Waals surface area contributed by atoms with Crippen LogP contribution in [0.5, 0.6) is 0 Å². The Balaban J connectivity index is 2.43. The number of rotatable bonds is 5. The molecule has 1 N–H and O–H groups in total. The molecule has 0 aliphatic heterocycles. The van der Waals surface area contributed by atoms with Gasteiger partial charge in [-0.05, 0) is 18.2 Å². The van der Waals surface area contributed by atoms with Gasteiger partial charge in [-0.15, -0.1) is 0 Å². The Morgan fingerprint density at radius 1 is 1.19 bits per heavy atom. The summed E-state index contributed by atoms with van der Waals surface area (Å²) in [6.07, 6.45) is -8.59. The molecule has 5 nitrogen and oxygen atoms in total. The van der Waals surface area contributed by atoms with Crippen LogP contribution in [-0.4, -0.2) is 22.8 Å². The Morgan fingerprint density at radius 2 is 1.88 bits per heavy atom. The zero-order chi connectivity index (χ0) is 19.5. The molecule has 0 aliphatic carbocycles. The highest BCUT2D eigenvalue weighted by Crippen LogP contribution is 2.35. The molecule has 0 radical (unpaired) electrons. The van der Waals surface area contributed by atoms with Gasteiger partial charge in [0.15, 0.2) is 0 Å². The number of halogens is 6. The molecule has 0 bridgehead atoms. The Labute approximate surface area is 143 Å². The number of oxazole rings is 1. The number of benzene rings is 1. The Morgan fingerprint density at radius 3 is 2.38 bits per heavy atom. The number of nitrogens with zero attached hydrogens (tertiary/aromatic N) is 3. The van der Waals surface area contributed by atoms with E-state index in [1.807, 2.05) is 0 Å². The molecule has 1 aromatic carbocycles. The first-order chi connectivity index (χ1) is 12.0. The molecule has 1 aromatic heterocycles. The number of aliphatic hydroxyl groups is 1. The highest BCUT2D eigenvalue weighted by Gasteiger charge is 2.36. The second-order valence-electron chi connectivity index (χ2n) is 5.20. The first-order valence-corrected chi connectivity index (χ1v) is 7.00. The van der Waals surface area contributed by atoms with E-state index in [0.717, 1.165) is 18.4 Å². The topological polar surface area (TPSA) is 73.3 Å². The van der Waals surface area contributed by atoms with Crippen molar-refractivity contribution in [2.24, 2.45) is 0 Å². The van der Waals surface area contributed by atoms with Crippen molar-refractivity contribution >= 4 is 5.69 Å². The molecule has 0 fully saturated rings. The van der Waals surface area contributed by atoms with E-state index in [4.69, 9.17) is 14.8 Å². The van der Waals surface area contributed by atoms with E-state index in [9.17, 15) is 26.3 Å². The number of aliphatic hydroxyl groups excluding tert-OH is 1. The van der Waals surface area contributed by atoms with Gasteiger partial charge in [-0.25, -0.2) is 4.98 Å². The van der Waals surface area contributed by atoms with E-state index in [0.29, 0.717) is 11.0 Å². The van der Waals surface area contributed by atoms with Gasteiger partial charge >= 0.3 is 12.4 Å². The van der Waals surface area contributed by atoms with Crippen LogP contribution in [0.15, 0.2) is 28.9 Å². The predicted octanol–water partition coefficient (Wildman–Crippen LogP) is 3.63. The van der Waals surface area contributed by atoms with Crippen LogP contribution in [0.4, 0.5) is 32.0 Å². The van der Waals surface area contributed by atoms with Crippen molar-refractivity contribution in [2.75, 3.05) is 11.4 Å². The van der Waals surface area contributed by atoms with Crippen LogP contribution in [0, 0.1) is 11.3 Å². The summed E-state index contributed by atoms with van der Waals surface area (Å²) in [4.78, 5) is 4.32. The van der Waals surface area contributed by atoms with E-state index in [1.54, 1.807) is 0 Å². The number of aromatic nitrogens is 1. The number of hydrogen-bond donors (Lipinski definition) is 1. The fourth-order valence-electron chi connectivity index (χ4n) is 2.17. The molecule has 26 heavy (non-hydrogen) atoms. The third kappa shape index (κ3) is 4.89. The minimum absolute atomic E-state index is 0.0720. The summed E-state index contributed by atoms with van der Waals surface area (Å²) in [5, 5.41) is 17.7. The van der Waals surface area contributed by atoms with E-state index in [2.05, 4.69) is 4.98 Å². The zero-order valence-electron chi connectivity index (χ0n) is 12.9. The fourth-order valence-corrected chi connectivity index (χ4v) is 2.17. The van der Waals surface area contributed by atoms with Gasteiger partial charge in [0.2, 0.25) is 5.89 Å². The molecule has 0 aliphatic rings. The lowest BCUT2D eigenvalue weighted by Crippen LogP contribution is -2.34. The van der Waals surface area contributed by atoms with Crippen molar-refractivity contribution in [3.05, 3.63) is 47.2 Å². The molecule has 11 heteroatoms. The average molecular weight is 379 g/mol. The van der Waals surface area contributed by atoms with Crippen molar-refractivity contribution in [3.8, 4) is 6.07 Å². The van der Waals surface area contributed by atoms with Gasteiger partial charge in [-0.3, -0.25) is 0 Å². The van der Waals surface area contributed by atoms with E-state index in [1.165, 1.54) is 6.07 Å². The monoisotopic (exact) mass is 379 g/mol. The summed E-state index contributed by atoms with van der Waals surface area (Å²) in [5.41, 5.74) is -2.37. The van der Waals surface area contributed by atoms with Crippen LogP contribution in [0.2, 0.25) is 0 Å². The normalized spacial score (nSPS) is 12.1. The number of hydrogen-bond acceptors (Lipinski definition) is 5. The van der Waals surface area contributed by atoms with Gasteiger partial charge in [0.25, 0.3) is 0 Å². The van der Waals surface area contributed by atoms with E-state index < -0.39 is 48.9 Å². The largest absolute Gasteiger partial charge is 0.447 e. The standard InChI is InChI=1S/C15H11F6N3O2/c16-14(17,18)8-24(5-13-23-10(6-25)7-26-13)11-2-1-9(4-22)12(3-11)15(19,20)21/h1-3,7,25H,5-6,8H2. The van der Waals surface area contributed by atoms with Crippen molar-refractivity contribution in [1.82, 2.24) is 4.98 Å². The van der Waals surface area contributed by atoms with Crippen LogP contribution < -0.4 is 4.90 Å². The Kier molecular flexibility index (Phi) is 5.46. The van der Waals surface area contributed by atoms with Crippen LogP contribution in [0.3, 0.4) is 0 Å². The number of anilines is 1. The summed E-state index contributed by atoms with van der Waals surface area (Å²) in [6.45, 7) is -2.65. The summed E-state index contributed by atoms with van der Waals surface area (Å²) in [7, 11) is 0. The minimum Gasteiger partial charge on any atom is -0.447 e. The molecule has 2 rings (SSSR count). The highest BCUT2D eigenvalue weighted by atomic mass is 19.4. The van der Waals surface area contributed by atoms with Crippen molar-refractivity contribution in [2.45, 2.75) is 25.5 Å². The fraction of sp³-hybridized carbons (Fsp3) is 0.333. The maximum atomic E-state index is 13.0.